The number of nitrogen functional groups attached to an aromatic ring is 1. The maximum Gasteiger partial charge on any atom is 0.420 e. The summed E-state index contributed by atoms with van der Waals surface area (Å²) in [4.78, 5) is 16.2. The second-order valence-electron chi connectivity index (χ2n) is 4.45. The number of hydrogen-bond acceptors (Lipinski definition) is 4. The third-order valence-electron chi connectivity index (χ3n) is 3.12. The molecule has 5 nitrogen and oxygen atoms in total. The Morgan fingerprint density at radius 3 is 3.00 bits per heavy atom. The van der Waals surface area contributed by atoms with Crippen molar-refractivity contribution in [1.29, 1.82) is 0 Å². The van der Waals surface area contributed by atoms with Crippen LogP contribution >= 0.6 is 0 Å². The van der Waals surface area contributed by atoms with Crippen molar-refractivity contribution in [2.75, 3.05) is 5.73 Å². The van der Waals surface area contributed by atoms with Crippen LogP contribution in [0, 0.1) is 6.92 Å². The monoisotopic (exact) mass is 255 g/mol. The van der Waals surface area contributed by atoms with Gasteiger partial charge >= 0.3 is 5.76 Å². The molecule has 0 fully saturated rings. The summed E-state index contributed by atoms with van der Waals surface area (Å²) in [5, 5.41) is 0. The maximum atomic E-state index is 11.9. The van der Waals surface area contributed by atoms with Crippen LogP contribution in [0.1, 0.15) is 11.3 Å². The highest BCUT2D eigenvalue weighted by molar-refractivity contribution is 5.77. The predicted molar refractivity (Wildman–Crippen MR) is 73.0 cm³/mol. The van der Waals surface area contributed by atoms with E-state index in [9.17, 15) is 4.79 Å². The molecule has 2 heterocycles. The molecule has 0 saturated heterocycles. The molecule has 1 aromatic carbocycles. The maximum absolute atomic E-state index is 11.9. The zero-order chi connectivity index (χ0) is 13.4. The van der Waals surface area contributed by atoms with Gasteiger partial charge in [0.2, 0.25) is 0 Å². The van der Waals surface area contributed by atoms with Gasteiger partial charge in [0, 0.05) is 11.9 Å². The summed E-state index contributed by atoms with van der Waals surface area (Å²) in [5.41, 5.74) is 9.45. The minimum absolute atomic E-state index is 0.377. The number of benzene rings is 1. The number of anilines is 1. The van der Waals surface area contributed by atoms with Crippen LogP contribution in [0.25, 0.3) is 11.1 Å². The van der Waals surface area contributed by atoms with E-state index in [1.165, 1.54) is 0 Å². The summed E-state index contributed by atoms with van der Waals surface area (Å²) < 4.78 is 6.73. The molecule has 0 amide bonds. The van der Waals surface area contributed by atoms with Gasteiger partial charge in [-0.1, -0.05) is 6.07 Å². The lowest BCUT2D eigenvalue weighted by Crippen LogP contribution is -2.16. The molecule has 0 atom stereocenters. The van der Waals surface area contributed by atoms with Gasteiger partial charge in [0.25, 0.3) is 0 Å². The number of hydrogen-bond donors (Lipinski definition) is 1. The molecule has 2 aromatic heterocycles. The fourth-order valence-corrected chi connectivity index (χ4v) is 2.06. The van der Waals surface area contributed by atoms with E-state index in [1.54, 1.807) is 29.0 Å². The van der Waals surface area contributed by atoms with E-state index in [0.29, 0.717) is 23.3 Å². The minimum Gasteiger partial charge on any atom is -0.408 e. The van der Waals surface area contributed by atoms with Gasteiger partial charge in [-0.3, -0.25) is 9.55 Å². The first kappa shape index (κ1) is 11.5. The Kier molecular flexibility index (Phi) is 2.59. The van der Waals surface area contributed by atoms with Crippen molar-refractivity contribution in [3.8, 4) is 0 Å². The quantitative estimate of drug-likeness (QED) is 0.710. The lowest BCUT2D eigenvalue weighted by atomic mass is 10.2. The third-order valence-corrected chi connectivity index (χ3v) is 3.12. The first-order valence-electron chi connectivity index (χ1n) is 5.94. The summed E-state index contributed by atoms with van der Waals surface area (Å²) in [7, 11) is 0. The molecule has 0 aliphatic heterocycles. The molecule has 0 bridgehead atoms. The zero-order valence-electron chi connectivity index (χ0n) is 10.5. The SMILES string of the molecule is Cc1cccnc1Cn1c(=O)oc2ccc(N)cc21. The molecule has 19 heavy (non-hydrogen) atoms. The van der Waals surface area contributed by atoms with Crippen molar-refractivity contribution in [2.45, 2.75) is 13.5 Å². The number of nitrogens with zero attached hydrogens (tertiary/aromatic N) is 2. The van der Waals surface area contributed by atoms with Gasteiger partial charge in [-0.25, -0.2) is 4.79 Å². The van der Waals surface area contributed by atoms with Crippen LogP contribution in [0.5, 0.6) is 0 Å². The van der Waals surface area contributed by atoms with Gasteiger partial charge in [-0.15, -0.1) is 0 Å². The van der Waals surface area contributed by atoms with E-state index in [4.69, 9.17) is 10.2 Å². The Bertz CT molecular complexity index is 802. The molecule has 0 spiro atoms. The van der Waals surface area contributed by atoms with Crippen LogP contribution in [0.3, 0.4) is 0 Å². The van der Waals surface area contributed by atoms with Gasteiger partial charge in [0.1, 0.15) is 0 Å². The summed E-state index contributed by atoms with van der Waals surface area (Å²) in [6.07, 6.45) is 1.71. The molecule has 0 saturated carbocycles. The van der Waals surface area contributed by atoms with E-state index in [1.807, 2.05) is 19.1 Å². The molecule has 0 unspecified atom stereocenters. The fourth-order valence-electron chi connectivity index (χ4n) is 2.06. The standard InChI is InChI=1S/C14H13N3O2/c1-9-3-2-6-16-11(9)8-17-12-7-10(15)4-5-13(12)19-14(17)18/h2-7H,8,15H2,1H3. The Hall–Kier alpha value is -2.56. The van der Waals surface area contributed by atoms with Crippen molar-refractivity contribution in [1.82, 2.24) is 9.55 Å². The van der Waals surface area contributed by atoms with Crippen molar-refractivity contribution in [3.63, 3.8) is 0 Å². The Morgan fingerprint density at radius 2 is 2.21 bits per heavy atom. The minimum atomic E-state index is -0.398. The Morgan fingerprint density at radius 1 is 1.37 bits per heavy atom. The van der Waals surface area contributed by atoms with E-state index >= 15 is 0 Å². The second kappa shape index (κ2) is 4.28. The molecule has 0 aliphatic carbocycles. The molecular formula is C14H13N3O2. The van der Waals surface area contributed by atoms with Crippen LogP contribution < -0.4 is 11.5 Å². The van der Waals surface area contributed by atoms with Crippen LogP contribution in [0.15, 0.2) is 45.7 Å². The van der Waals surface area contributed by atoms with E-state index in [2.05, 4.69) is 4.98 Å². The van der Waals surface area contributed by atoms with Crippen molar-refractivity contribution < 1.29 is 4.42 Å². The zero-order valence-corrected chi connectivity index (χ0v) is 10.5. The number of aryl methyl sites for hydroxylation is 1. The molecule has 0 radical (unpaired) electrons. The smallest absolute Gasteiger partial charge is 0.408 e. The van der Waals surface area contributed by atoms with Crippen LogP contribution in [-0.2, 0) is 6.54 Å². The van der Waals surface area contributed by atoms with Gasteiger partial charge in [0.15, 0.2) is 5.58 Å². The van der Waals surface area contributed by atoms with Crippen molar-refractivity contribution in [2.24, 2.45) is 0 Å². The molecule has 0 aliphatic rings. The third kappa shape index (κ3) is 1.99. The predicted octanol–water partition coefficient (Wildman–Crippen LogP) is 1.93. The number of pyridine rings is 1. The number of oxazole rings is 1. The lowest BCUT2D eigenvalue weighted by molar-refractivity contribution is 0.515. The van der Waals surface area contributed by atoms with E-state index in [-0.39, 0.29) is 0 Å². The van der Waals surface area contributed by atoms with Crippen LogP contribution in [0.2, 0.25) is 0 Å². The molecule has 2 N–H and O–H groups in total. The molecule has 96 valence electrons. The summed E-state index contributed by atoms with van der Waals surface area (Å²) >= 11 is 0. The van der Waals surface area contributed by atoms with Gasteiger partial charge in [-0.2, -0.15) is 0 Å². The average Bonchev–Trinajstić information content (AvgIpc) is 2.69. The fraction of sp³-hybridized carbons (Fsp3) is 0.143. The number of fused-ring (bicyclic) bond motifs is 1. The van der Waals surface area contributed by atoms with Crippen molar-refractivity contribution in [3.05, 3.63) is 58.3 Å². The van der Waals surface area contributed by atoms with Gasteiger partial charge in [-0.05, 0) is 36.8 Å². The lowest BCUT2D eigenvalue weighted by Gasteiger charge is -2.05. The summed E-state index contributed by atoms with van der Waals surface area (Å²) in [5.74, 6) is -0.398. The highest BCUT2D eigenvalue weighted by Gasteiger charge is 2.11. The van der Waals surface area contributed by atoms with Crippen LogP contribution in [-0.4, -0.2) is 9.55 Å². The van der Waals surface area contributed by atoms with E-state index in [0.717, 1.165) is 11.3 Å². The average molecular weight is 255 g/mol. The molecular weight excluding hydrogens is 242 g/mol. The second-order valence-corrected chi connectivity index (χ2v) is 4.45. The number of nitrogens with two attached hydrogens (primary N) is 1. The number of rotatable bonds is 2. The van der Waals surface area contributed by atoms with Crippen molar-refractivity contribution >= 4 is 16.8 Å². The first-order chi connectivity index (χ1) is 9.15. The van der Waals surface area contributed by atoms with Gasteiger partial charge in [0.05, 0.1) is 17.8 Å². The molecule has 5 heteroatoms. The highest BCUT2D eigenvalue weighted by Crippen LogP contribution is 2.17. The highest BCUT2D eigenvalue weighted by atomic mass is 16.4. The first-order valence-corrected chi connectivity index (χ1v) is 5.94. The Balaban J connectivity index is 2.15. The summed E-state index contributed by atoms with van der Waals surface area (Å²) in [6, 6.07) is 8.98. The molecule has 3 rings (SSSR count). The number of aromatic nitrogens is 2. The Labute approximate surface area is 109 Å². The normalized spacial score (nSPS) is 11.0. The largest absolute Gasteiger partial charge is 0.420 e. The van der Waals surface area contributed by atoms with Gasteiger partial charge < -0.3 is 10.2 Å². The summed E-state index contributed by atoms with van der Waals surface area (Å²) in [6.45, 7) is 2.34. The van der Waals surface area contributed by atoms with E-state index < -0.39 is 5.76 Å². The topological polar surface area (TPSA) is 74.0 Å². The molecule has 3 aromatic rings. The van der Waals surface area contributed by atoms with Crippen LogP contribution in [0.4, 0.5) is 5.69 Å².